The van der Waals surface area contributed by atoms with Crippen molar-refractivity contribution in [2.45, 2.75) is 26.7 Å². The van der Waals surface area contributed by atoms with Crippen LogP contribution in [-0.2, 0) is 0 Å². The molecule has 1 aromatic rings. The van der Waals surface area contributed by atoms with Crippen LogP contribution >= 0.6 is 0 Å². The standard InChI is InChI=1S/C13H18O3/c1-8(2)10-6-7-11(15-4)13(16-5)12(10)9(3)14/h6-8H,1-5H3. The largest absolute Gasteiger partial charge is 0.493 e. The quantitative estimate of drug-likeness (QED) is 0.734. The molecule has 0 aliphatic carbocycles. The normalized spacial score (nSPS) is 10.4. The van der Waals surface area contributed by atoms with Crippen molar-refractivity contribution in [2.75, 3.05) is 14.2 Å². The maximum absolute atomic E-state index is 11.7. The van der Waals surface area contributed by atoms with Crippen molar-refractivity contribution in [3.8, 4) is 11.5 Å². The van der Waals surface area contributed by atoms with Gasteiger partial charge in [-0.25, -0.2) is 0 Å². The lowest BCUT2D eigenvalue weighted by Crippen LogP contribution is -2.06. The Balaban J connectivity index is 3.50. The first-order valence-corrected chi connectivity index (χ1v) is 5.28. The zero-order chi connectivity index (χ0) is 12.3. The first-order valence-electron chi connectivity index (χ1n) is 5.28. The van der Waals surface area contributed by atoms with Crippen LogP contribution in [-0.4, -0.2) is 20.0 Å². The summed E-state index contributed by atoms with van der Waals surface area (Å²) in [7, 11) is 3.12. The molecule has 0 aliphatic heterocycles. The number of carbonyl (C=O) groups is 1. The van der Waals surface area contributed by atoms with Crippen molar-refractivity contribution in [2.24, 2.45) is 0 Å². The third-order valence-electron chi connectivity index (χ3n) is 2.55. The highest BCUT2D eigenvalue weighted by atomic mass is 16.5. The van der Waals surface area contributed by atoms with Gasteiger partial charge in [0.2, 0.25) is 0 Å². The van der Waals surface area contributed by atoms with E-state index < -0.39 is 0 Å². The fraction of sp³-hybridized carbons (Fsp3) is 0.462. The highest BCUT2D eigenvalue weighted by Crippen LogP contribution is 2.36. The van der Waals surface area contributed by atoms with Gasteiger partial charge in [0.25, 0.3) is 0 Å². The molecule has 0 N–H and O–H groups in total. The topological polar surface area (TPSA) is 35.5 Å². The summed E-state index contributed by atoms with van der Waals surface area (Å²) < 4.78 is 10.5. The minimum absolute atomic E-state index is 0.000509. The molecule has 3 nitrogen and oxygen atoms in total. The van der Waals surface area contributed by atoms with Gasteiger partial charge in [-0.2, -0.15) is 0 Å². The van der Waals surface area contributed by atoms with Crippen molar-refractivity contribution in [1.29, 1.82) is 0 Å². The smallest absolute Gasteiger partial charge is 0.171 e. The van der Waals surface area contributed by atoms with E-state index in [1.165, 1.54) is 0 Å². The summed E-state index contributed by atoms with van der Waals surface area (Å²) in [6, 6.07) is 3.75. The second-order valence-corrected chi connectivity index (χ2v) is 3.98. The molecule has 3 heteroatoms. The summed E-state index contributed by atoms with van der Waals surface area (Å²) in [6.45, 7) is 5.64. The van der Waals surface area contributed by atoms with E-state index in [9.17, 15) is 4.79 Å². The van der Waals surface area contributed by atoms with Crippen LogP contribution in [0, 0.1) is 0 Å². The Kier molecular flexibility index (Phi) is 3.93. The number of Topliss-reactive ketones (excluding diaryl/α,β-unsaturated/α-hetero) is 1. The number of methoxy groups -OCH3 is 2. The Morgan fingerprint density at radius 2 is 1.81 bits per heavy atom. The number of hydrogen-bond acceptors (Lipinski definition) is 3. The van der Waals surface area contributed by atoms with Gasteiger partial charge in [0.15, 0.2) is 17.3 Å². The molecule has 0 bridgehead atoms. The van der Waals surface area contributed by atoms with Gasteiger partial charge in [-0.15, -0.1) is 0 Å². The second kappa shape index (κ2) is 5.01. The number of ether oxygens (including phenoxy) is 2. The summed E-state index contributed by atoms with van der Waals surface area (Å²) in [6.07, 6.45) is 0. The SMILES string of the molecule is COc1ccc(C(C)C)c(C(C)=O)c1OC. The van der Waals surface area contributed by atoms with Crippen LogP contribution < -0.4 is 9.47 Å². The average Bonchev–Trinajstić information content (AvgIpc) is 2.26. The minimum Gasteiger partial charge on any atom is -0.493 e. The molecular formula is C13H18O3. The third kappa shape index (κ3) is 2.18. The number of rotatable bonds is 4. The van der Waals surface area contributed by atoms with Crippen LogP contribution in [0.3, 0.4) is 0 Å². The van der Waals surface area contributed by atoms with Crippen LogP contribution in [0.5, 0.6) is 11.5 Å². The highest BCUT2D eigenvalue weighted by Gasteiger charge is 2.19. The lowest BCUT2D eigenvalue weighted by molar-refractivity contribution is 0.101. The summed E-state index contributed by atoms with van der Waals surface area (Å²) in [5, 5.41) is 0. The third-order valence-corrected chi connectivity index (χ3v) is 2.55. The molecule has 0 radical (unpaired) electrons. The van der Waals surface area contributed by atoms with Gasteiger partial charge in [-0.05, 0) is 24.5 Å². The van der Waals surface area contributed by atoms with Crippen molar-refractivity contribution >= 4 is 5.78 Å². The van der Waals surface area contributed by atoms with Crippen molar-refractivity contribution < 1.29 is 14.3 Å². The maximum atomic E-state index is 11.7. The van der Waals surface area contributed by atoms with Gasteiger partial charge in [-0.3, -0.25) is 4.79 Å². The van der Waals surface area contributed by atoms with Crippen LogP contribution in [0.1, 0.15) is 42.6 Å². The summed E-state index contributed by atoms with van der Waals surface area (Å²) in [4.78, 5) is 11.7. The zero-order valence-electron chi connectivity index (χ0n) is 10.5. The molecule has 16 heavy (non-hydrogen) atoms. The van der Waals surface area contributed by atoms with Crippen molar-refractivity contribution in [3.05, 3.63) is 23.3 Å². The predicted molar refractivity (Wildman–Crippen MR) is 63.6 cm³/mol. The van der Waals surface area contributed by atoms with Gasteiger partial charge in [0.05, 0.1) is 19.8 Å². The average molecular weight is 222 g/mol. The Labute approximate surface area is 96.4 Å². The van der Waals surface area contributed by atoms with Gasteiger partial charge < -0.3 is 9.47 Å². The van der Waals surface area contributed by atoms with Crippen LogP contribution in [0.25, 0.3) is 0 Å². The van der Waals surface area contributed by atoms with Crippen molar-refractivity contribution in [1.82, 2.24) is 0 Å². The van der Waals surface area contributed by atoms with E-state index in [1.807, 2.05) is 26.0 Å². The molecule has 88 valence electrons. The second-order valence-electron chi connectivity index (χ2n) is 3.98. The molecule has 0 fully saturated rings. The van der Waals surface area contributed by atoms with E-state index in [-0.39, 0.29) is 11.7 Å². The molecular weight excluding hydrogens is 204 g/mol. The van der Waals surface area contributed by atoms with Gasteiger partial charge in [-0.1, -0.05) is 19.9 Å². The van der Waals surface area contributed by atoms with E-state index in [0.717, 1.165) is 5.56 Å². The van der Waals surface area contributed by atoms with Crippen LogP contribution in [0.4, 0.5) is 0 Å². The minimum atomic E-state index is -0.000509. The fourth-order valence-corrected chi connectivity index (χ4v) is 1.79. The number of carbonyl (C=O) groups excluding carboxylic acids is 1. The number of ketones is 1. The summed E-state index contributed by atoms with van der Waals surface area (Å²) >= 11 is 0. The van der Waals surface area contributed by atoms with E-state index in [1.54, 1.807) is 21.1 Å². The first kappa shape index (κ1) is 12.6. The van der Waals surface area contributed by atoms with Gasteiger partial charge in [0, 0.05) is 0 Å². The van der Waals surface area contributed by atoms with E-state index >= 15 is 0 Å². The first-order chi connectivity index (χ1) is 7.52. The monoisotopic (exact) mass is 222 g/mol. The Morgan fingerprint density at radius 3 is 2.19 bits per heavy atom. The van der Waals surface area contributed by atoms with E-state index in [0.29, 0.717) is 17.1 Å². The molecule has 0 saturated heterocycles. The lowest BCUT2D eigenvalue weighted by atomic mass is 9.94. The maximum Gasteiger partial charge on any atom is 0.171 e. The van der Waals surface area contributed by atoms with Gasteiger partial charge in [0.1, 0.15) is 0 Å². The molecule has 1 rings (SSSR count). The van der Waals surface area contributed by atoms with Gasteiger partial charge >= 0.3 is 0 Å². The molecule has 0 saturated carbocycles. The molecule has 0 amide bonds. The van der Waals surface area contributed by atoms with Crippen LogP contribution in [0.15, 0.2) is 12.1 Å². The number of hydrogen-bond donors (Lipinski definition) is 0. The Bertz CT molecular complexity index is 394. The molecule has 0 unspecified atom stereocenters. The highest BCUT2D eigenvalue weighted by molar-refractivity contribution is 5.99. The summed E-state index contributed by atoms with van der Waals surface area (Å²) in [5.74, 6) is 1.40. The van der Waals surface area contributed by atoms with E-state index in [2.05, 4.69) is 0 Å². The lowest BCUT2D eigenvalue weighted by Gasteiger charge is -2.17. The molecule has 1 aromatic carbocycles. The van der Waals surface area contributed by atoms with Crippen molar-refractivity contribution in [3.63, 3.8) is 0 Å². The molecule has 0 spiro atoms. The fourth-order valence-electron chi connectivity index (χ4n) is 1.79. The zero-order valence-corrected chi connectivity index (χ0v) is 10.5. The molecule has 0 aliphatic rings. The van der Waals surface area contributed by atoms with Crippen LogP contribution in [0.2, 0.25) is 0 Å². The molecule has 0 aromatic heterocycles. The van der Waals surface area contributed by atoms with E-state index in [4.69, 9.17) is 9.47 Å². The Hall–Kier alpha value is -1.51. The Morgan fingerprint density at radius 1 is 1.19 bits per heavy atom. The molecule has 0 atom stereocenters. The summed E-state index contributed by atoms with van der Waals surface area (Å²) in [5.41, 5.74) is 1.61. The number of benzene rings is 1. The predicted octanol–water partition coefficient (Wildman–Crippen LogP) is 3.03. The molecule has 0 heterocycles.